The number of nitrogens with zero attached hydrogens (tertiary/aromatic N) is 2. The van der Waals surface area contributed by atoms with E-state index >= 15 is 8.78 Å². The highest BCUT2D eigenvalue weighted by molar-refractivity contribution is 6.76. The number of ether oxygens (including phenoxy) is 3. The normalized spacial score (nSPS) is 16.7. The first-order valence-electron chi connectivity index (χ1n) is 13.1. The number of pyridine rings is 1. The SMILES string of the molecule is C[Si](C)(C)CCOCn1cc(C2CC2)c2c(Oc3c(F)cc(NC(=O)NCC4(F)COC4)cc3F)ccnc21. The highest BCUT2D eigenvalue weighted by Gasteiger charge is 2.39. The molecule has 8 nitrogen and oxygen atoms in total. The van der Waals surface area contributed by atoms with Crippen LogP contribution in [-0.2, 0) is 16.2 Å². The van der Waals surface area contributed by atoms with Crippen molar-refractivity contribution in [1.29, 1.82) is 0 Å². The molecule has 1 saturated heterocycles. The number of carbonyl (C=O) groups is 1. The van der Waals surface area contributed by atoms with Gasteiger partial charge in [-0.15, -0.1) is 0 Å². The van der Waals surface area contributed by atoms with Gasteiger partial charge in [0.25, 0.3) is 0 Å². The minimum Gasteiger partial charge on any atom is -0.450 e. The first kappa shape index (κ1) is 27.5. The Bertz CT molecular complexity index is 1350. The van der Waals surface area contributed by atoms with E-state index in [-0.39, 0.29) is 31.2 Å². The van der Waals surface area contributed by atoms with E-state index < -0.39 is 37.2 Å². The van der Waals surface area contributed by atoms with Gasteiger partial charge in [0.15, 0.2) is 23.1 Å². The Labute approximate surface area is 225 Å². The fraction of sp³-hybridized carbons (Fsp3) is 0.481. The van der Waals surface area contributed by atoms with Crippen LogP contribution in [0.1, 0.15) is 24.3 Å². The topological polar surface area (TPSA) is 86.6 Å². The van der Waals surface area contributed by atoms with E-state index in [1.165, 1.54) is 6.20 Å². The van der Waals surface area contributed by atoms with Crippen LogP contribution >= 0.6 is 0 Å². The average Bonchev–Trinajstić information content (AvgIpc) is 3.62. The fourth-order valence-corrected chi connectivity index (χ4v) is 5.08. The molecule has 0 radical (unpaired) electrons. The molecule has 2 fully saturated rings. The predicted molar refractivity (Wildman–Crippen MR) is 144 cm³/mol. The van der Waals surface area contributed by atoms with Crippen molar-refractivity contribution in [2.24, 2.45) is 0 Å². The Morgan fingerprint density at radius 2 is 1.95 bits per heavy atom. The highest BCUT2D eigenvalue weighted by atomic mass is 28.3. The Hall–Kier alpha value is -3.09. The molecule has 39 heavy (non-hydrogen) atoms. The predicted octanol–water partition coefficient (Wildman–Crippen LogP) is 6.16. The van der Waals surface area contributed by atoms with Gasteiger partial charge in [-0.3, -0.25) is 0 Å². The molecule has 5 rings (SSSR count). The third-order valence-electron chi connectivity index (χ3n) is 6.75. The molecule has 1 aliphatic carbocycles. The third kappa shape index (κ3) is 6.56. The van der Waals surface area contributed by atoms with Crippen LogP contribution in [0.3, 0.4) is 0 Å². The van der Waals surface area contributed by atoms with Crippen molar-refractivity contribution in [2.45, 2.75) is 56.8 Å². The Kier molecular flexibility index (Phi) is 7.62. The zero-order chi connectivity index (χ0) is 27.8. The van der Waals surface area contributed by atoms with E-state index in [2.05, 4.69) is 35.3 Å². The molecule has 2 aromatic heterocycles. The molecular weight excluding hydrogens is 529 g/mol. The van der Waals surface area contributed by atoms with Crippen LogP contribution < -0.4 is 15.4 Å². The second kappa shape index (κ2) is 10.8. The van der Waals surface area contributed by atoms with Crippen molar-refractivity contribution in [3.8, 4) is 11.5 Å². The van der Waals surface area contributed by atoms with E-state index in [0.29, 0.717) is 30.3 Å². The number of rotatable bonds is 11. The maximum absolute atomic E-state index is 15.0. The standard InChI is InChI=1S/C27H33F3N4O4Si/c1-39(2,3)9-8-36-16-34-12-19(17-4-5-17)23-22(6-7-31-25(23)34)38-24-20(28)10-18(11-21(24)29)33-26(35)32-13-27(30)14-37-15-27/h6-7,10-12,17H,4-5,8-9,13-16H2,1-3H3,(H2,32,33,35). The summed E-state index contributed by atoms with van der Waals surface area (Å²) in [7, 11) is -1.23. The summed E-state index contributed by atoms with van der Waals surface area (Å²) in [6.45, 7) is 7.37. The number of fused-ring (bicyclic) bond motifs is 1. The zero-order valence-corrected chi connectivity index (χ0v) is 23.3. The van der Waals surface area contributed by atoms with Crippen molar-refractivity contribution in [3.05, 3.63) is 47.8 Å². The molecule has 2 N–H and O–H groups in total. The molecule has 0 spiro atoms. The number of aromatic nitrogens is 2. The molecule has 1 saturated carbocycles. The Morgan fingerprint density at radius 3 is 2.56 bits per heavy atom. The fourth-order valence-electron chi connectivity index (χ4n) is 4.32. The number of hydrogen-bond acceptors (Lipinski definition) is 5. The number of amides is 2. The van der Waals surface area contributed by atoms with E-state index in [0.717, 1.165) is 36.6 Å². The van der Waals surface area contributed by atoms with Crippen LogP contribution in [0.15, 0.2) is 30.6 Å². The smallest absolute Gasteiger partial charge is 0.319 e. The lowest BCUT2D eigenvalue weighted by Gasteiger charge is -2.33. The third-order valence-corrected chi connectivity index (χ3v) is 8.45. The van der Waals surface area contributed by atoms with Crippen LogP contribution in [0, 0.1) is 11.6 Å². The number of urea groups is 1. The Morgan fingerprint density at radius 1 is 1.23 bits per heavy atom. The van der Waals surface area contributed by atoms with E-state index in [1.54, 1.807) is 6.07 Å². The monoisotopic (exact) mass is 562 g/mol. The van der Waals surface area contributed by atoms with Gasteiger partial charge in [-0.2, -0.15) is 0 Å². The molecule has 2 aliphatic rings. The maximum atomic E-state index is 15.0. The lowest BCUT2D eigenvalue weighted by Crippen LogP contribution is -2.54. The van der Waals surface area contributed by atoms with Gasteiger partial charge in [0, 0.05) is 44.9 Å². The molecule has 12 heteroatoms. The number of anilines is 1. The average molecular weight is 563 g/mol. The molecule has 0 atom stereocenters. The quantitative estimate of drug-likeness (QED) is 0.216. The van der Waals surface area contributed by atoms with Crippen LogP contribution in [0.4, 0.5) is 23.7 Å². The minimum atomic E-state index is -1.63. The number of benzene rings is 1. The molecule has 0 unspecified atom stereocenters. The van der Waals surface area contributed by atoms with Crippen LogP contribution in [0.25, 0.3) is 11.0 Å². The van der Waals surface area contributed by atoms with Crippen molar-refractivity contribution >= 4 is 30.8 Å². The van der Waals surface area contributed by atoms with Gasteiger partial charge in [0.2, 0.25) is 0 Å². The van der Waals surface area contributed by atoms with Gasteiger partial charge in [0.05, 0.1) is 25.1 Å². The number of nitrogens with one attached hydrogen (secondary N) is 2. The molecule has 3 heterocycles. The van der Waals surface area contributed by atoms with Gasteiger partial charge in [-0.1, -0.05) is 19.6 Å². The van der Waals surface area contributed by atoms with E-state index in [1.807, 2.05) is 10.8 Å². The number of hydrogen-bond donors (Lipinski definition) is 2. The molecule has 210 valence electrons. The summed E-state index contributed by atoms with van der Waals surface area (Å²) in [5.74, 6) is -1.96. The van der Waals surface area contributed by atoms with Crippen molar-refractivity contribution in [1.82, 2.24) is 14.9 Å². The first-order valence-corrected chi connectivity index (χ1v) is 16.8. The van der Waals surface area contributed by atoms with Crippen LogP contribution in [0.5, 0.6) is 11.5 Å². The molecule has 1 aliphatic heterocycles. The maximum Gasteiger partial charge on any atom is 0.319 e. The van der Waals surface area contributed by atoms with Crippen molar-refractivity contribution in [3.63, 3.8) is 0 Å². The summed E-state index contributed by atoms with van der Waals surface area (Å²) >= 11 is 0. The Balaban J connectivity index is 1.33. The van der Waals surface area contributed by atoms with Gasteiger partial charge in [-0.05, 0) is 36.4 Å². The summed E-state index contributed by atoms with van der Waals surface area (Å²) in [5, 5.41) is 5.36. The zero-order valence-electron chi connectivity index (χ0n) is 22.3. The van der Waals surface area contributed by atoms with Gasteiger partial charge < -0.3 is 29.4 Å². The molecule has 2 amide bonds. The van der Waals surface area contributed by atoms with Gasteiger partial charge in [0.1, 0.15) is 18.1 Å². The van der Waals surface area contributed by atoms with E-state index in [9.17, 15) is 9.18 Å². The number of carbonyl (C=O) groups excluding carboxylic acids is 1. The summed E-state index contributed by atoms with van der Waals surface area (Å²) in [6.07, 6.45) is 5.57. The molecular formula is C27H33F3N4O4Si. The first-order chi connectivity index (χ1) is 18.5. The van der Waals surface area contributed by atoms with Crippen molar-refractivity contribution in [2.75, 3.05) is 31.7 Å². The molecule has 3 aromatic rings. The lowest BCUT2D eigenvalue weighted by atomic mass is 10.1. The minimum absolute atomic E-state index is 0.109. The second-order valence-corrected chi connectivity index (χ2v) is 17.1. The molecule has 0 bridgehead atoms. The van der Waals surface area contributed by atoms with Crippen LogP contribution in [-0.4, -0.2) is 55.7 Å². The van der Waals surface area contributed by atoms with Gasteiger partial charge in [-0.25, -0.2) is 22.9 Å². The summed E-state index contributed by atoms with van der Waals surface area (Å²) in [6, 6.07) is 3.74. The number of alkyl halides is 1. The van der Waals surface area contributed by atoms with Crippen molar-refractivity contribution < 1.29 is 32.2 Å². The second-order valence-electron chi connectivity index (χ2n) is 11.5. The van der Waals surface area contributed by atoms with Crippen LogP contribution in [0.2, 0.25) is 25.7 Å². The summed E-state index contributed by atoms with van der Waals surface area (Å²) in [5.41, 5.74) is -0.117. The summed E-state index contributed by atoms with van der Waals surface area (Å²) in [4.78, 5) is 16.6. The van der Waals surface area contributed by atoms with Gasteiger partial charge >= 0.3 is 6.03 Å². The largest absolute Gasteiger partial charge is 0.450 e. The molecule has 1 aromatic carbocycles. The number of halogens is 3. The summed E-state index contributed by atoms with van der Waals surface area (Å²) < 4.78 is 62.5. The lowest BCUT2D eigenvalue weighted by molar-refractivity contribution is -0.125. The van der Waals surface area contributed by atoms with E-state index in [4.69, 9.17) is 14.2 Å². The highest BCUT2D eigenvalue weighted by Crippen LogP contribution is 2.47.